The lowest BCUT2D eigenvalue weighted by atomic mass is 10.3. The first-order valence-corrected chi connectivity index (χ1v) is 9.79. The molecule has 12 heteroatoms. The molecule has 0 bridgehead atoms. The van der Waals surface area contributed by atoms with Crippen molar-refractivity contribution in [2.45, 2.75) is 18.0 Å². The van der Waals surface area contributed by atoms with Crippen molar-refractivity contribution in [2.24, 2.45) is 7.05 Å². The number of benzene rings is 1. The van der Waals surface area contributed by atoms with Crippen molar-refractivity contribution in [1.82, 2.24) is 24.2 Å². The number of nitrogens with one attached hydrogen (secondary N) is 2. The number of aromatic nitrogens is 4. The van der Waals surface area contributed by atoms with Gasteiger partial charge in [-0.2, -0.15) is 13.2 Å². The van der Waals surface area contributed by atoms with Gasteiger partial charge in [0.15, 0.2) is 0 Å². The molecule has 0 aliphatic heterocycles. The molecule has 0 fully saturated rings. The Morgan fingerprint density at radius 1 is 1.10 bits per heavy atom. The second-order valence-electron chi connectivity index (χ2n) is 6.10. The first-order chi connectivity index (χ1) is 13.5. The topological polar surface area (TPSA) is 102 Å². The Morgan fingerprint density at radius 2 is 1.79 bits per heavy atom. The van der Waals surface area contributed by atoms with Gasteiger partial charge in [-0.05, 0) is 37.3 Å². The van der Waals surface area contributed by atoms with Crippen molar-refractivity contribution in [2.75, 3.05) is 11.9 Å². The summed E-state index contributed by atoms with van der Waals surface area (Å²) in [7, 11) is -2.41. The van der Waals surface area contributed by atoms with Crippen LogP contribution in [0.15, 0.2) is 47.6 Å². The van der Waals surface area contributed by atoms with Crippen LogP contribution in [0.25, 0.3) is 11.4 Å². The number of hydrogen-bond acceptors (Lipinski definition) is 6. The van der Waals surface area contributed by atoms with Gasteiger partial charge in [-0.1, -0.05) is 0 Å². The molecule has 0 radical (unpaired) electrons. The van der Waals surface area contributed by atoms with E-state index in [0.29, 0.717) is 11.4 Å². The fourth-order valence-electron chi connectivity index (χ4n) is 2.41. The maximum absolute atomic E-state index is 12.2. The van der Waals surface area contributed by atoms with Gasteiger partial charge in [0.05, 0.1) is 22.5 Å². The SMILES string of the molecule is Cc1ncc(-c2ccnc(Nc3ccc(S(=O)(=O)NCC(F)(F)F)cc3)n2)n1C. The van der Waals surface area contributed by atoms with E-state index in [4.69, 9.17) is 0 Å². The molecule has 8 nitrogen and oxygen atoms in total. The molecule has 0 saturated carbocycles. The van der Waals surface area contributed by atoms with Crippen LogP contribution in [0.2, 0.25) is 0 Å². The first kappa shape index (κ1) is 20.7. The van der Waals surface area contributed by atoms with Crippen LogP contribution in [0.1, 0.15) is 5.82 Å². The summed E-state index contributed by atoms with van der Waals surface area (Å²) in [4.78, 5) is 12.5. The van der Waals surface area contributed by atoms with Crippen LogP contribution in [-0.2, 0) is 17.1 Å². The molecule has 0 aliphatic rings. The van der Waals surface area contributed by atoms with E-state index in [-0.39, 0.29) is 10.8 Å². The molecule has 29 heavy (non-hydrogen) atoms. The number of imidazole rings is 1. The standard InChI is InChI=1S/C17H17F3N6O2S/c1-11-22-9-15(26(11)2)14-7-8-21-16(25-14)24-12-3-5-13(6-4-12)29(27,28)23-10-17(18,19)20/h3-9,23H,10H2,1-2H3,(H,21,24,25). The number of aryl methyl sites for hydroxylation is 1. The highest BCUT2D eigenvalue weighted by Gasteiger charge is 2.30. The van der Waals surface area contributed by atoms with Crippen LogP contribution >= 0.6 is 0 Å². The minimum Gasteiger partial charge on any atom is -0.330 e. The van der Waals surface area contributed by atoms with Crippen LogP contribution in [-0.4, -0.2) is 40.7 Å². The van der Waals surface area contributed by atoms with Crippen LogP contribution in [0.3, 0.4) is 0 Å². The van der Waals surface area contributed by atoms with Gasteiger partial charge in [0, 0.05) is 18.9 Å². The van der Waals surface area contributed by atoms with Gasteiger partial charge in [-0.25, -0.2) is 28.1 Å². The fraction of sp³-hybridized carbons (Fsp3) is 0.235. The Bertz CT molecular complexity index is 1110. The summed E-state index contributed by atoms with van der Waals surface area (Å²) in [5.74, 6) is 1.09. The summed E-state index contributed by atoms with van der Waals surface area (Å²) in [6.07, 6.45) is -1.38. The third-order valence-corrected chi connectivity index (χ3v) is 5.44. The molecule has 0 spiro atoms. The number of hydrogen-bond donors (Lipinski definition) is 2. The smallest absolute Gasteiger partial charge is 0.330 e. The molecule has 0 amide bonds. The Hall–Kier alpha value is -2.99. The number of nitrogens with zero attached hydrogens (tertiary/aromatic N) is 4. The molecule has 154 valence electrons. The molecule has 2 heterocycles. The van der Waals surface area contributed by atoms with Crippen LogP contribution in [0, 0.1) is 6.92 Å². The van der Waals surface area contributed by atoms with Crippen molar-refractivity contribution in [3.8, 4) is 11.4 Å². The van der Waals surface area contributed by atoms with E-state index in [0.717, 1.165) is 11.5 Å². The highest BCUT2D eigenvalue weighted by molar-refractivity contribution is 7.89. The van der Waals surface area contributed by atoms with E-state index in [9.17, 15) is 21.6 Å². The zero-order valence-electron chi connectivity index (χ0n) is 15.4. The predicted molar refractivity (Wildman–Crippen MR) is 99.9 cm³/mol. The summed E-state index contributed by atoms with van der Waals surface area (Å²) in [5, 5.41) is 2.93. The quantitative estimate of drug-likeness (QED) is 0.629. The second kappa shape index (κ2) is 7.79. The molecule has 0 saturated heterocycles. The van der Waals surface area contributed by atoms with Gasteiger partial charge in [0.25, 0.3) is 0 Å². The van der Waals surface area contributed by atoms with E-state index in [1.54, 1.807) is 18.5 Å². The molecule has 1 aromatic carbocycles. The lowest BCUT2D eigenvalue weighted by Crippen LogP contribution is -2.33. The van der Waals surface area contributed by atoms with Gasteiger partial charge in [0.1, 0.15) is 12.4 Å². The van der Waals surface area contributed by atoms with Crippen molar-refractivity contribution in [1.29, 1.82) is 0 Å². The summed E-state index contributed by atoms with van der Waals surface area (Å²) >= 11 is 0. The van der Waals surface area contributed by atoms with E-state index < -0.39 is 22.7 Å². The van der Waals surface area contributed by atoms with Crippen molar-refractivity contribution in [3.05, 3.63) is 48.5 Å². The third-order valence-electron chi connectivity index (χ3n) is 4.02. The highest BCUT2D eigenvalue weighted by atomic mass is 32.2. The molecule has 3 rings (SSSR count). The van der Waals surface area contributed by atoms with Gasteiger partial charge in [-0.15, -0.1) is 0 Å². The van der Waals surface area contributed by atoms with Crippen LogP contribution in [0.4, 0.5) is 24.8 Å². The maximum Gasteiger partial charge on any atom is 0.402 e. The number of halogens is 3. The Balaban J connectivity index is 1.75. The number of sulfonamides is 1. The first-order valence-electron chi connectivity index (χ1n) is 8.30. The van der Waals surface area contributed by atoms with Crippen LogP contribution < -0.4 is 10.0 Å². The highest BCUT2D eigenvalue weighted by Crippen LogP contribution is 2.21. The summed E-state index contributed by atoms with van der Waals surface area (Å²) in [5.41, 5.74) is 1.91. The fourth-order valence-corrected chi connectivity index (χ4v) is 3.42. The molecule has 0 aliphatic carbocycles. The molecular formula is C17H17F3N6O2S. The Labute approximate surface area is 164 Å². The van der Waals surface area contributed by atoms with E-state index in [1.165, 1.54) is 29.0 Å². The minimum atomic E-state index is -4.64. The van der Waals surface area contributed by atoms with Gasteiger partial charge in [0.2, 0.25) is 16.0 Å². The van der Waals surface area contributed by atoms with Gasteiger partial charge >= 0.3 is 6.18 Å². The summed E-state index contributed by atoms with van der Waals surface area (Å²) in [6, 6.07) is 6.92. The predicted octanol–water partition coefficient (Wildman–Crippen LogP) is 2.77. The zero-order valence-corrected chi connectivity index (χ0v) is 16.2. The molecule has 0 atom stereocenters. The van der Waals surface area contributed by atoms with E-state index >= 15 is 0 Å². The van der Waals surface area contributed by atoms with Gasteiger partial charge < -0.3 is 9.88 Å². The second-order valence-corrected chi connectivity index (χ2v) is 7.87. The van der Waals surface area contributed by atoms with Crippen molar-refractivity contribution >= 4 is 21.7 Å². The van der Waals surface area contributed by atoms with E-state index in [2.05, 4.69) is 20.3 Å². The summed E-state index contributed by atoms with van der Waals surface area (Å²) in [6.45, 7) is 0.229. The summed E-state index contributed by atoms with van der Waals surface area (Å²) < 4.78 is 63.9. The normalized spacial score (nSPS) is 12.2. The van der Waals surface area contributed by atoms with Crippen molar-refractivity contribution in [3.63, 3.8) is 0 Å². The Morgan fingerprint density at radius 3 is 2.38 bits per heavy atom. The molecular weight excluding hydrogens is 409 g/mol. The number of alkyl halides is 3. The monoisotopic (exact) mass is 426 g/mol. The molecule has 2 N–H and O–H groups in total. The molecule has 0 unspecified atom stereocenters. The van der Waals surface area contributed by atoms with Crippen molar-refractivity contribution < 1.29 is 21.6 Å². The Kier molecular flexibility index (Phi) is 5.57. The maximum atomic E-state index is 12.2. The largest absolute Gasteiger partial charge is 0.402 e. The van der Waals surface area contributed by atoms with Crippen LogP contribution in [0.5, 0.6) is 0 Å². The third kappa shape index (κ3) is 5.09. The molecule has 2 aromatic heterocycles. The lowest BCUT2D eigenvalue weighted by Gasteiger charge is -2.10. The van der Waals surface area contributed by atoms with Gasteiger partial charge in [-0.3, -0.25) is 0 Å². The lowest BCUT2D eigenvalue weighted by molar-refractivity contribution is -0.121. The number of rotatable bonds is 6. The average Bonchev–Trinajstić information content (AvgIpc) is 2.99. The van der Waals surface area contributed by atoms with E-state index in [1.807, 2.05) is 18.5 Å². The number of anilines is 2. The average molecular weight is 426 g/mol. The minimum absolute atomic E-state index is 0.271. The molecule has 3 aromatic rings. The zero-order chi connectivity index (χ0) is 21.2.